The minimum atomic E-state index is 0.609. The molecule has 0 amide bonds. The van der Waals surface area contributed by atoms with Crippen LogP contribution < -0.4 is 0 Å². The Morgan fingerprint density at radius 1 is 1.33 bits per heavy atom. The summed E-state index contributed by atoms with van der Waals surface area (Å²) in [6.07, 6.45) is 6.28. The van der Waals surface area contributed by atoms with Crippen molar-refractivity contribution < 1.29 is 0 Å². The summed E-state index contributed by atoms with van der Waals surface area (Å²) < 4.78 is 2.55. The van der Waals surface area contributed by atoms with Crippen LogP contribution in [0.1, 0.15) is 48.2 Å². The van der Waals surface area contributed by atoms with E-state index in [2.05, 4.69) is 26.8 Å². The standard InChI is InChI=1S/C16H22N4S/c1-12-18-15-4-2-3-5-16(15)20(12)14-6-7-19(9-14)8-13-10-21-11-17-13/h10-11,14H,2-9H2,1H3/t14-/m1/s1. The van der Waals surface area contributed by atoms with Gasteiger partial charge in [0.05, 0.1) is 16.9 Å². The molecule has 112 valence electrons. The van der Waals surface area contributed by atoms with E-state index in [0.29, 0.717) is 6.04 Å². The molecule has 2 aromatic heterocycles. The molecular formula is C16H22N4S. The van der Waals surface area contributed by atoms with Gasteiger partial charge in [-0.25, -0.2) is 9.97 Å². The summed E-state index contributed by atoms with van der Waals surface area (Å²) in [6, 6.07) is 0.609. The molecule has 0 aromatic carbocycles. The van der Waals surface area contributed by atoms with Crippen molar-refractivity contribution in [2.75, 3.05) is 13.1 Å². The Kier molecular flexibility index (Phi) is 3.55. The van der Waals surface area contributed by atoms with E-state index in [1.807, 2.05) is 5.51 Å². The lowest BCUT2D eigenvalue weighted by molar-refractivity contribution is 0.311. The molecule has 4 rings (SSSR count). The fourth-order valence-corrected chi connectivity index (χ4v) is 4.44. The van der Waals surface area contributed by atoms with Crippen molar-refractivity contribution in [2.24, 2.45) is 0 Å². The maximum absolute atomic E-state index is 4.83. The smallest absolute Gasteiger partial charge is 0.106 e. The summed E-state index contributed by atoms with van der Waals surface area (Å²) in [5.74, 6) is 1.22. The summed E-state index contributed by atoms with van der Waals surface area (Å²) in [7, 11) is 0. The van der Waals surface area contributed by atoms with Crippen molar-refractivity contribution in [1.82, 2.24) is 19.4 Å². The zero-order valence-electron chi connectivity index (χ0n) is 12.6. The summed E-state index contributed by atoms with van der Waals surface area (Å²) in [4.78, 5) is 11.8. The molecule has 0 spiro atoms. The maximum atomic E-state index is 4.83. The van der Waals surface area contributed by atoms with Crippen LogP contribution in [0.4, 0.5) is 0 Å². The Bertz CT molecular complexity index is 617. The van der Waals surface area contributed by atoms with Crippen LogP contribution in [0.2, 0.25) is 0 Å². The largest absolute Gasteiger partial charge is 0.328 e. The lowest BCUT2D eigenvalue weighted by atomic mass is 10.0. The Hall–Kier alpha value is -1.20. The average Bonchev–Trinajstić information content (AvgIpc) is 3.18. The Labute approximate surface area is 129 Å². The molecule has 3 heterocycles. The van der Waals surface area contributed by atoms with E-state index in [9.17, 15) is 0 Å². The first kappa shape index (κ1) is 13.5. The van der Waals surface area contributed by atoms with Gasteiger partial charge in [0.15, 0.2) is 0 Å². The van der Waals surface area contributed by atoms with Gasteiger partial charge in [-0.2, -0.15) is 0 Å². The summed E-state index contributed by atoms with van der Waals surface area (Å²) in [5.41, 5.74) is 6.04. The van der Waals surface area contributed by atoms with Crippen molar-refractivity contribution in [3.63, 3.8) is 0 Å². The molecule has 4 nitrogen and oxygen atoms in total. The molecule has 2 aliphatic rings. The second-order valence-corrected chi connectivity index (χ2v) is 7.01. The average molecular weight is 302 g/mol. The molecule has 0 N–H and O–H groups in total. The van der Waals surface area contributed by atoms with Crippen molar-refractivity contribution in [3.8, 4) is 0 Å². The predicted octanol–water partition coefficient (Wildman–Crippen LogP) is 2.97. The van der Waals surface area contributed by atoms with Crippen molar-refractivity contribution in [2.45, 2.75) is 51.6 Å². The van der Waals surface area contributed by atoms with E-state index >= 15 is 0 Å². The lowest BCUT2D eigenvalue weighted by Crippen LogP contribution is -2.22. The van der Waals surface area contributed by atoms with Crippen molar-refractivity contribution in [3.05, 3.63) is 33.8 Å². The van der Waals surface area contributed by atoms with Gasteiger partial charge in [0.2, 0.25) is 0 Å². The fourth-order valence-electron chi connectivity index (χ4n) is 3.89. The normalized spacial score (nSPS) is 22.6. The molecule has 1 atom stereocenters. The van der Waals surface area contributed by atoms with Crippen LogP contribution in [-0.2, 0) is 19.4 Å². The number of fused-ring (bicyclic) bond motifs is 1. The molecule has 1 aliphatic carbocycles. The second-order valence-electron chi connectivity index (χ2n) is 6.29. The first-order valence-corrected chi connectivity index (χ1v) is 8.91. The highest BCUT2D eigenvalue weighted by molar-refractivity contribution is 7.07. The number of likely N-dealkylation sites (tertiary alicyclic amines) is 1. The van der Waals surface area contributed by atoms with E-state index < -0.39 is 0 Å². The molecule has 1 aliphatic heterocycles. The molecule has 2 aromatic rings. The zero-order valence-corrected chi connectivity index (χ0v) is 13.4. The van der Waals surface area contributed by atoms with Crippen LogP contribution in [0.5, 0.6) is 0 Å². The molecule has 0 saturated carbocycles. The van der Waals surface area contributed by atoms with Gasteiger partial charge < -0.3 is 4.57 Å². The number of aryl methyl sites for hydroxylation is 2. The third-order valence-corrected chi connectivity index (χ3v) is 5.46. The van der Waals surface area contributed by atoms with Crippen molar-refractivity contribution >= 4 is 11.3 Å². The predicted molar refractivity (Wildman–Crippen MR) is 84.7 cm³/mol. The van der Waals surface area contributed by atoms with Gasteiger partial charge in [-0.1, -0.05) is 0 Å². The van der Waals surface area contributed by atoms with Crippen molar-refractivity contribution in [1.29, 1.82) is 0 Å². The van der Waals surface area contributed by atoms with Gasteiger partial charge in [-0.05, 0) is 39.0 Å². The van der Waals surface area contributed by atoms with Gasteiger partial charge in [0.25, 0.3) is 0 Å². The maximum Gasteiger partial charge on any atom is 0.106 e. The molecule has 1 saturated heterocycles. The number of nitrogens with zero attached hydrogens (tertiary/aromatic N) is 4. The van der Waals surface area contributed by atoms with Gasteiger partial charge in [-0.15, -0.1) is 11.3 Å². The molecular weight excluding hydrogens is 280 g/mol. The first-order chi connectivity index (χ1) is 10.3. The summed E-state index contributed by atoms with van der Waals surface area (Å²) in [6.45, 7) is 5.49. The molecule has 0 unspecified atom stereocenters. The first-order valence-electron chi connectivity index (χ1n) is 7.97. The van der Waals surface area contributed by atoms with Crippen LogP contribution in [0, 0.1) is 6.92 Å². The fraction of sp³-hybridized carbons (Fsp3) is 0.625. The third kappa shape index (κ3) is 2.53. The molecule has 0 radical (unpaired) electrons. The highest BCUT2D eigenvalue weighted by atomic mass is 32.1. The van der Waals surface area contributed by atoms with Gasteiger partial charge in [0, 0.05) is 36.8 Å². The number of imidazole rings is 1. The van der Waals surface area contributed by atoms with Crippen LogP contribution in [0.3, 0.4) is 0 Å². The molecule has 1 fully saturated rings. The summed E-state index contributed by atoms with van der Waals surface area (Å²) >= 11 is 1.69. The quantitative estimate of drug-likeness (QED) is 0.874. The molecule has 21 heavy (non-hydrogen) atoms. The minimum Gasteiger partial charge on any atom is -0.328 e. The lowest BCUT2D eigenvalue weighted by Gasteiger charge is -2.21. The Morgan fingerprint density at radius 3 is 3.10 bits per heavy atom. The van der Waals surface area contributed by atoms with Gasteiger partial charge >= 0.3 is 0 Å². The molecule has 0 bridgehead atoms. The van der Waals surface area contributed by atoms with Crippen LogP contribution in [-0.4, -0.2) is 32.5 Å². The topological polar surface area (TPSA) is 34.0 Å². The number of hydrogen-bond acceptors (Lipinski definition) is 4. The van der Waals surface area contributed by atoms with E-state index in [-0.39, 0.29) is 0 Å². The van der Waals surface area contributed by atoms with Crippen LogP contribution in [0.15, 0.2) is 10.9 Å². The SMILES string of the molecule is Cc1nc2c(n1[C@@H]1CCN(Cc3cscn3)C1)CCCC2. The highest BCUT2D eigenvalue weighted by Gasteiger charge is 2.29. The van der Waals surface area contributed by atoms with Crippen LogP contribution in [0.25, 0.3) is 0 Å². The van der Waals surface area contributed by atoms with Gasteiger partial charge in [-0.3, -0.25) is 4.90 Å². The number of thiazole rings is 1. The molecule has 5 heteroatoms. The second kappa shape index (κ2) is 5.54. The van der Waals surface area contributed by atoms with Crippen LogP contribution >= 0.6 is 11.3 Å². The van der Waals surface area contributed by atoms with E-state index in [1.54, 1.807) is 11.3 Å². The zero-order chi connectivity index (χ0) is 14.2. The highest BCUT2D eigenvalue weighted by Crippen LogP contribution is 2.30. The minimum absolute atomic E-state index is 0.609. The number of aromatic nitrogens is 3. The van der Waals surface area contributed by atoms with Gasteiger partial charge in [0.1, 0.15) is 5.82 Å². The third-order valence-electron chi connectivity index (χ3n) is 4.83. The van der Waals surface area contributed by atoms with E-state index in [1.165, 1.54) is 61.6 Å². The monoisotopic (exact) mass is 302 g/mol. The van der Waals surface area contributed by atoms with E-state index in [0.717, 1.165) is 13.1 Å². The summed E-state index contributed by atoms with van der Waals surface area (Å²) in [5, 5.41) is 2.16. The Morgan fingerprint density at radius 2 is 2.24 bits per heavy atom. The Balaban J connectivity index is 1.52. The van der Waals surface area contributed by atoms with E-state index in [4.69, 9.17) is 4.98 Å². The number of rotatable bonds is 3. The number of hydrogen-bond donors (Lipinski definition) is 0.